The first-order valence-electron chi connectivity index (χ1n) is 5.88. The molecule has 0 aliphatic carbocycles. The smallest absolute Gasteiger partial charge is 0.239 e. The number of likely N-dealkylation sites (N-methyl/N-ethyl adjacent to an activating group) is 1. The van der Waals surface area contributed by atoms with Crippen LogP contribution in [0.5, 0.6) is 0 Å². The first-order valence-corrected chi connectivity index (χ1v) is 5.88. The lowest BCUT2D eigenvalue weighted by atomic mass is 10.2. The second-order valence-electron chi connectivity index (χ2n) is 3.83. The molecule has 1 heterocycles. The third-order valence-corrected chi connectivity index (χ3v) is 2.69. The van der Waals surface area contributed by atoms with Crippen molar-refractivity contribution in [2.75, 3.05) is 46.6 Å². The fourth-order valence-electron chi connectivity index (χ4n) is 1.82. The van der Waals surface area contributed by atoms with E-state index in [0.29, 0.717) is 26.4 Å². The molecule has 0 saturated carbocycles. The molecule has 1 unspecified atom stereocenters. The number of likely N-dealkylation sites (tertiary alicyclic amines) is 1. The zero-order valence-electron chi connectivity index (χ0n) is 10.2. The van der Waals surface area contributed by atoms with Gasteiger partial charge in [-0.2, -0.15) is 0 Å². The molecule has 94 valence electrons. The molecule has 1 atom stereocenters. The van der Waals surface area contributed by atoms with Gasteiger partial charge < -0.3 is 19.7 Å². The fraction of sp³-hybridized carbons (Fsp3) is 0.909. The first-order chi connectivity index (χ1) is 7.79. The number of hydrogen-bond donors (Lipinski definition) is 1. The van der Waals surface area contributed by atoms with Crippen LogP contribution in [0.25, 0.3) is 0 Å². The highest BCUT2D eigenvalue weighted by Gasteiger charge is 2.30. The minimum Gasteiger partial charge on any atom is -0.382 e. The van der Waals surface area contributed by atoms with Crippen LogP contribution in [-0.2, 0) is 14.3 Å². The van der Waals surface area contributed by atoms with Gasteiger partial charge in [-0.3, -0.25) is 4.79 Å². The van der Waals surface area contributed by atoms with Crippen molar-refractivity contribution in [1.82, 2.24) is 10.2 Å². The van der Waals surface area contributed by atoms with Crippen LogP contribution in [0.15, 0.2) is 0 Å². The molecule has 0 spiro atoms. The van der Waals surface area contributed by atoms with Crippen LogP contribution < -0.4 is 5.32 Å². The summed E-state index contributed by atoms with van der Waals surface area (Å²) in [4.78, 5) is 13.7. The second-order valence-corrected chi connectivity index (χ2v) is 3.83. The number of rotatable bonds is 8. The van der Waals surface area contributed by atoms with Crippen LogP contribution >= 0.6 is 0 Å². The summed E-state index contributed by atoms with van der Waals surface area (Å²) in [5.41, 5.74) is 0. The minimum atomic E-state index is 0.0176. The van der Waals surface area contributed by atoms with Crippen molar-refractivity contribution in [1.29, 1.82) is 0 Å². The monoisotopic (exact) mass is 230 g/mol. The number of methoxy groups -OCH3 is 1. The maximum Gasteiger partial charge on any atom is 0.239 e. The molecular weight excluding hydrogens is 208 g/mol. The lowest BCUT2D eigenvalue weighted by Gasteiger charge is -2.16. The molecule has 0 aromatic rings. The van der Waals surface area contributed by atoms with Crippen LogP contribution in [0.4, 0.5) is 0 Å². The van der Waals surface area contributed by atoms with E-state index in [1.165, 1.54) is 0 Å². The molecule has 1 aliphatic rings. The van der Waals surface area contributed by atoms with E-state index in [-0.39, 0.29) is 11.9 Å². The summed E-state index contributed by atoms with van der Waals surface area (Å²) < 4.78 is 10.2. The minimum absolute atomic E-state index is 0.0176. The Hall–Kier alpha value is -0.650. The Kier molecular flexibility index (Phi) is 6.37. The number of amides is 1. The SMILES string of the molecule is CCNC1CCN(CCOCCOC)C1=O. The predicted octanol–water partition coefficient (Wildman–Crippen LogP) is -0.140. The van der Waals surface area contributed by atoms with Crippen molar-refractivity contribution in [2.45, 2.75) is 19.4 Å². The zero-order valence-corrected chi connectivity index (χ0v) is 10.2. The summed E-state index contributed by atoms with van der Waals surface area (Å²) in [6, 6.07) is 0.0176. The molecule has 5 heteroatoms. The van der Waals surface area contributed by atoms with E-state index in [9.17, 15) is 4.79 Å². The number of nitrogens with zero attached hydrogens (tertiary/aromatic N) is 1. The summed E-state index contributed by atoms with van der Waals surface area (Å²) in [5.74, 6) is 0.206. The molecule has 0 aromatic carbocycles. The molecule has 1 fully saturated rings. The maximum atomic E-state index is 11.8. The van der Waals surface area contributed by atoms with Crippen molar-refractivity contribution in [3.8, 4) is 0 Å². The largest absolute Gasteiger partial charge is 0.382 e. The van der Waals surface area contributed by atoms with Crippen LogP contribution in [0.2, 0.25) is 0 Å². The Labute approximate surface area is 97.1 Å². The predicted molar refractivity (Wildman–Crippen MR) is 61.4 cm³/mol. The van der Waals surface area contributed by atoms with E-state index in [1.54, 1.807) is 7.11 Å². The van der Waals surface area contributed by atoms with Gasteiger partial charge in [-0.25, -0.2) is 0 Å². The van der Waals surface area contributed by atoms with Gasteiger partial charge in [0.05, 0.1) is 25.9 Å². The van der Waals surface area contributed by atoms with Crippen LogP contribution in [-0.4, -0.2) is 63.4 Å². The average molecular weight is 230 g/mol. The lowest BCUT2D eigenvalue weighted by molar-refractivity contribution is -0.130. The Balaban J connectivity index is 2.12. The Bertz CT molecular complexity index is 211. The summed E-state index contributed by atoms with van der Waals surface area (Å²) in [7, 11) is 1.65. The summed E-state index contributed by atoms with van der Waals surface area (Å²) in [6.45, 7) is 6.17. The van der Waals surface area contributed by atoms with Crippen molar-refractivity contribution < 1.29 is 14.3 Å². The van der Waals surface area contributed by atoms with Crippen LogP contribution in [0, 0.1) is 0 Å². The number of ether oxygens (including phenoxy) is 2. The molecule has 1 N–H and O–H groups in total. The molecule has 0 radical (unpaired) electrons. The number of carbonyl (C=O) groups excluding carboxylic acids is 1. The van der Waals surface area contributed by atoms with Gasteiger partial charge in [-0.15, -0.1) is 0 Å². The summed E-state index contributed by atoms with van der Waals surface area (Å²) in [6.07, 6.45) is 0.907. The number of nitrogens with one attached hydrogen (secondary N) is 1. The normalized spacial score (nSPS) is 20.8. The maximum absolute atomic E-state index is 11.8. The second kappa shape index (κ2) is 7.60. The number of carbonyl (C=O) groups is 1. The van der Waals surface area contributed by atoms with Crippen molar-refractivity contribution in [2.24, 2.45) is 0 Å². The highest BCUT2D eigenvalue weighted by atomic mass is 16.5. The Morgan fingerprint density at radius 1 is 1.44 bits per heavy atom. The molecule has 5 nitrogen and oxygen atoms in total. The Morgan fingerprint density at radius 3 is 2.94 bits per heavy atom. The average Bonchev–Trinajstić information content (AvgIpc) is 2.62. The Morgan fingerprint density at radius 2 is 2.25 bits per heavy atom. The van der Waals surface area contributed by atoms with E-state index in [4.69, 9.17) is 9.47 Å². The summed E-state index contributed by atoms with van der Waals surface area (Å²) in [5, 5.41) is 3.18. The van der Waals surface area contributed by atoms with Crippen molar-refractivity contribution in [3.05, 3.63) is 0 Å². The van der Waals surface area contributed by atoms with Gasteiger partial charge in [-0.05, 0) is 13.0 Å². The molecule has 0 aromatic heterocycles. The van der Waals surface area contributed by atoms with E-state index < -0.39 is 0 Å². The highest BCUT2D eigenvalue weighted by Crippen LogP contribution is 2.10. The standard InChI is InChI=1S/C11H22N2O3/c1-3-12-10-4-5-13(11(10)14)6-7-16-9-8-15-2/h10,12H,3-9H2,1-2H3. The third kappa shape index (κ3) is 4.08. The first kappa shape index (κ1) is 13.4. The fourth-order valence-corrected chi connectivity index (χ4v) is 1.82. The summed E-state index contributed by atoms with van der Waals surface area (Å²) >= 11 is 0. The highest BCUT2D eigenvalue weighted by molar-refractivity contribution is 5.83. The topological polar surface area (TPSA) is 50.8 Å². The molecule has 0 bridgehead atoms. The third-order valence-electron chi connectivity index (χ3n) is 2.69. The van der Waals surface area contributed by atoms with Gasteiger partial charge in [0.25, 0.3) is 0 Å². The molecular formula is C11H22N2O3. The van der Waals surface area contributed by atoms with E-state index in [0.717, 1.165) is 19.5 Å². The van der Waals surface area contributed by atoms with Crippen LogP contribution in [0.1, 0.15) is 13.3 Å². The lowest BCUT2D eigenvalue weighted by Crippen LogP contribution is -2.39. The molecule has 1 saturated heterocycles. The van der Waals surface area contributed by atoms with E-state index in [2.05, 4.69) is 5.32 Å². The molecule has 1 rings (SSSR count). The molecule has 1 amide bonds. The van der Waals surface area contributed by atoms with Crippen molar-refractivity contribution >= 4 is 5.91 Å². The molecule has 16 heavy (non-hydrogen) atoms. The van der Waals surface area contributed by atoms with Gasteiger partial charge in [0.15, 0.2) is 0 Å². The van der Waals surface area contributed by atoms with Crippen molar-refractivity contribution in [3.63, 3.8) is 0 Å². The van der Waals surface area contributed by atoms with E-state index in [1.807, 2.05) is 11.8 Å². The molecule has 1 aliphatic heterocycles. The van der Waals surface area contributed by atoms with Gasteiger partial charge >= 0.3 is 0 Å². The van der Waals surface area contributed by atoms with Gasteiger partial charge in [0.2, 0.25) is 5.91 Å². The zero-order chi connectivity index (χ0) is 11.8. The van der Waals surface area contributed by atoms with E-state index >= 15 is 0 Å². The number of hydrogen-bond acceptors (Lipinski definition) is 4. The van der Waals surface area contributed by atoms with Gasteiger partial charge in [-0.1, -0.05) is 6.92 Å². The van der Waals surface area contributed by atoms with Crippen LogP contribution in [0.3, 0.4) is 0 Å². The quantitative estimate of drug-likeness (QED) is 0.590. The van der Waals surface area contributed by atoms with Gasteiger partial charge in [0, 0.05) is 20.2 Å². The van der Waals surface area contributed by atoms with Gasteiger partial charge in [0.1, 0.15) is 0 Å².